The molecule has 0 amide bonds. The minimum absolute atomic E-state index is 0. The molecule has 410 valence electrons. The van der Waals surface area contributed by atoms with E-state index in [0.29, 0.717) is 0 Å². The third kappa shape index (κ3) is 42.7. The van der Waals surface area contributed by atoms with Crippen LogP contribution in [0.2, 0.25) is 0 Å². The molecule has 0 aliphatic carbocycles. The zero-order valence-corrected chi connectivity index (χ0v) is 48.8. The molecular weight excluding hydrogens is 915 g/mol. The molecule has 0 spiro atoms. The number of para-hydroxylation sites is 2. The number of rotatable bonds is 49. The molecule has 2 aromatic rings. The quantitative estimate of drug-likeness (QED) is 0.0273. The Labute approximate surface area is 459 Å². The van der Waals surface area contributed by atoms with Gasteiger partial charge in [-0.1, -0.05) is 301 Å². The largest absolute Gasteiger partial charge is 0.255 e. The maximum atomic E-state index is 5.24. The van der Waals surface area contributed by atoms with Crippen LogP contribution in [0.25, 0.3) is 0 Å². The summed E-state index contributed by atoms with van der Waals surface area (Å²) in [6, 6.07) is 17.3. The number of nitrogens with zero attached hydrogens (tertiary/aromatic N) is 2. The van der Waals surface area contributed by atoms with Gasteiger partial charge in [0.15, 0.2) is 0 Å². The first-order chi connectivity index (χ1) is 35.3. The molecule has 2 nitrogen and oxygen atoms in total. The molecule has 0 N–H and O–H groups in total. The van der Waals surface area contributed by atoms with Crippen molar-refractivity contribution in [2.45, 2.75) is 329 Å². The van der Waals surface area contributed by atoms with Crippen LogP contribution in [-0.2, 0) is 29.3 Å². The van der Waals surface area contributed by atoms with Gasteiger partial charge in [-0.05, 0) is 61.8 Å². The van der Waals surface area contributed by atoms with Crippen LogP contribution in [0.1, 0.15) is 327 Å². The summed E-state index contributed by atoms with van der Waals surface area (Å²) < 4.78 is 0. The van der Waals surface area contributed by atoms with E-state index in [0.717, 1.165) is 68.5 Å². The number of aryl methyl sites for hydroxylation is 2. The fourth-order valence-electron chi connectivity index (χ4n) is 10.0. The summed E-state index contributed by atoms with van der Waals surface area (Å²) >= 11 is 0. The smallest absolute Gasteiger partial charge is 0.0665 e. The van der Waals surface area contributed by atoms with Gasteiger partial charge in [0.25, 0.3) is 0 Å². The Morgan fingerprint density at radius 3 is 0.972 bits per heavy atom. The first-order valence-electron chi connectivity index (χ1n) is 31.5. The molecule has 2 aromatic carbocycles. The molecule has 0 saturated carbocycles. The van der Waals surface area contributed by atoms with Crippen molar-refractivity contribution in [2.24, 2.45) is 9.98 Å². The van der Waals surface area contributed by atoms with E-state index < -0.39 is 0 Å². The molecule has 0 heterocycles. The zero-order valence-electron chi connectivity index (χ0n) is 47.8. The molecule has 0 radical (unpaired) electrons. The van der Waals surface area contributed by atoms with Crippen LogP contribution in [0.15, 0.2) is 58.5 Å². The van der Waals surface area contributed by atoms with E-state index in [1.165, 1.54) is 268 Å². The van der Waals surface area contributed by atoms with Gasteiger partial charge in [-0.2, -0.15) is 0 Å². The summed E-state index contributed by atoms with van der Waals surface area (Å²) in [7, 11) is 0. The summed E-state index contributed by atoms with van der Waals surface area (Å²) in [5.41, 5.74) is 5.74. The topological polar surface area (TPSA) is 24.7 Å². The molecule has 0 unspecified atom stereocenters. The number of aliphatic imine (C=N–C) groups is 2. The van der Waals surface area contributed by atoms with Crippen molar-refractivity contribution in [1.29, 1.82) is 0 Å². The number of unbranched alkanes of at least 4 members (excludes halogenated alkanes) is 40. The Balaban J connectivity index is 0.0000259. The number of hydrogen-bond acceptors (Lipinski definition) is 2. The second kappa shape index (κ2) is 54.6. The average molecular weight is 1030 g/mol. The minimum Gasteiger partial charge on any atom is -0.255 e. The van der Waals surface area contributed by atoms with Crippen molar-refractivity contribution in [3.63, 3.8) is 0 Å². The molecule has 0 aliphatic heterocycles. The summed E-state index contributed by atoms with van der Waals surface area (Å²) in [6.45, 7) is 6.88. The van der Waals surface area contributed by atoms with Gasteiger partial charge in [-0.15, -0.1) is 23.7 Å². The van der Waals surface area contributed by atoms with E-state index in [4.69, 9.17) is 9.98 Å². The van der Waals surface area contributed by atoms with E-state index in [1.54, 1.807) is 0 Å². The minimum atomic E-state index is 0. The third-order valence-electron chi connectivity index (χ3n) is 14.7. The number of benzene rings is 2. The van der Waals surface area contributed by atoms with Crippen LogP contribution >= 0.6 is 0 Å². The van der Waals surface area contributed by atoms with Crippen LogP contribution < -0.4 is 0 Å². The molecule has 0 bridgehead atoms. The Hall–Kier alpha value is -2.61. The van der Waals surface area contributed by atoms with Crippen molar-refractivity contribution in [2.75, 3.05) is 0 Å². The Morgan fingerprint density at radius 2 is 0.611 bits per heavy atom. The second-order valence-electron chi connectivity index (χ2n) is 21.5. The average Bonchev–Trinajstić information content (AvgIpc) is 3.39. The van der Waals surface area contributed by atoms with E-state index in [2.05, 4.69) is 93.0 Å². The summed E-state index contributed by atoms with van der Waals surface area (Å²) in [6.07, 6.45) is 66.2. The first-order valence-corrected chi connectivity index (χ1v) is 31.5. The molecule has 0 aromatic heterocycles. The van der Waals surface area contributed by atoms with Crippen molar-refractivity contribution in [3.8, 4) is 23.7 Å². The zero-order chi connectivity index (χ0) is 50.4. The van der Waals surface area contributed by atoms with E-state index in [1.807, 2.05) is 6.21 Å². The molecule has 72 heavy (non-hydrogen) atoms. The van der Waals surface area contributed by atoms with Crippen molar-refractivity contribution in [1.82, 2.24) is 0 Å². The predicted molar refractivity (Wildman–Crippen MR) is 320 cm³/mol. The molecular formula is C69H114N2Ni. The monoisotopic (exact) mass is 1030 g/mol. The van der Waals surface area contributed by atoms with Gasteiger partial charge in [-0.3, -0.25) is 9.98 Å². The Morgan fingerprint density at radius 1 is 0.333 bits per heavy atom. The third-order valence-corrected chi connectivity index (χ3v) is 14.7. The van der Waals surface area contributed by atoms with Gasteiger partial charge in [0, 0.05) is 48.4 Å². The van der Waals surface area contributed by atoms with Crippen LogP contribution in [0, 0.1) is 23.7 Å². The Kier molecular flexibility index (Phi) is 51.2. The molecule has 0 aliphatic rings. The van der Waals surface area contributed by atoms with Crippen molar-refractivity contribution in [3.05, 3.63) is 59.7 Å². The van der Waals surface area contributed by atoms with E-state index >= 15 is 0 Å². The summed E-state index contributed by atoms with van der Waals surface area (Å²) in [4.78, 5) is 10.3. The van der Waals surface area contributed by atoms with Crippen molar-refractivity contribution < 1.29 is 16.5 Å². The molecule has 0 fully saturated rings. The van der Waals surface area contributed by atoms with Gasteiger partial charge in [-0.25, -0.2) is 0 Å². The van der Waals surface area contributed by atoms with Crippen LogP contribution in [0.4, 0.5) is 11.4 Å². The Bertz CT molecular complexity index is 1650. The maximum absolute atomic E-state index is 5.24. The normalized spacial score (nSPS) is 11.4. The van der Waals surface area contributed by atoms with Crippen LogP contribution in [0.5, 0.6) is 0 Å². The molecule has 3 heteroatoms. The molecule has 0 atom stereocenters. The standard InChI is InChI=1S/C69H114N2.Ni/c1-4-7-10-12-14-16-18-20-22-24-26-28-30-32-34-36-38-40-42-44-46-48-51-57-65-59-53-55-62-68(65)70-64-67(61-50-9-6-3)71-69-63-56-54-60-66(69)58-52-49-47-45-43-41-39-37-35-33-31-29-27-25-23-21-19-17-15-13-11-8-5-2;/h53-56,59-60,62-64H,4-45,50-52,57-58,61H2,1-3H3;. The summed E-state index contributed by atoms with van der Waals surface area (Å²) in [5.74, 6) is 13.9. The van der Waals surface area contributed by atoms with Gasteiger partial charge < -0.3 is 0 Å². The maximum Gasteiger partial charge on any atom is 0.0665 e. The molecule has 2 rings (SSSR count). The van der Waals surface area contributed by atoms with Crippen LogP contribution in [-0.4, -0.2) is 11.9 Å². The van der Waals surface area contributed by atoms with E-state index in [9.17, 15) is 0 Å². The fourth-order valence-corrected chi connectivity index (χ4v) is 10.0. The van der Waals surface area contributed by atoms with Gasteiger partial charge in [0.05, 0.1) is 17.1 Å². The van der Waals surface area contributed by atoms with E-state index in [-0.39, 0.29) is 16.5 Å². The second-order valence-corrected chi connectivity index (χ2v) is 21.5. The predicted octanol–water partition coefficient (Wildman–Crippen LogP) is 23.3. The first kappa shape index (κ1) is 67.4. The fraction of sp³-hybridized carbons (Fsp3) is 0.739. The SMILES string of the molecule is CCCCCCCCCCCCCCCCCCCCCC#CCCc1ccccc1N=CC(CCCCC)=Nc1ccccc1CCC#CCCCCCCCCCCCCCCCCCCCCC.[Ni]. The van der Waals surface area contributed by atoms with Crippen molar-refractivity contribution >= 4 is 23.3 Å². The van der Waals surface area contributed by atoms with Gasteiger partial charge in [0.1, 0.15) is 0 Å². The molecule has 0 saturated heterocycles. The number of hydrogen-bond donors (Lipinski definition) is 0. The van der Waals surface area contributed by atoms with Gasteiger partial charge in [0.2, 0.25) is 0 Å². The van der Waals surface area contributed by atoms with Gasteiger partial charge >= 0.3 is 0 Å². The summed E-state index contributed by atoms with van der Waals surface area (Å²) in [5, 5.41) is 0. The van der Waals surface area contributed by atoms with Crippen LogP contribution in [0.3, 0.4) is 0 Å².